The molecule has 0 aromatic carbocycles. The van der Waals surface area contributed by atoms with Gasteiger partial charge in [-0.1, -0.05) is 0 Å². The number of rotatable bonds is 2. The summed E-state index contributed by atoms with van der Waals surface area (Å²) in [4.78, 5) is 24.8. The predicted octanol–water partition coefficient (Wildman–Crippen LogP) is 0.827. The summed E-state index contributed by atoms with van der Waals surface area (Å²) < 4.78 is 1.51. The topological polar surface area (TPSA) is 89.3 Å². The molecular weight excluding hydrogens is 244 g/mol. The predicted molar refractivity (Wildman–Crippen MR) is 68.7 cm³/mol. The molecule has 1 atom stereocenters. The quantitative estimate of drug-likeness (QED) is 0.733. The van der Waals surface area contributed by atoms with Crippen molar-refractivity contribution in [3.05, 3.63) is 46.8 Å². The fourth-order valence-electron chi connectivity index (χ4n) is 1.93. The summed E-state index contributed by atoms with van der Waals surface area (Å²) in [5.74, 6) is 1.27. The van der Waals surface area contributed by atoms with Crippen molar-refractivity contribution < 1.29 is 0 Å². The fraction of sp³-hybridized carbons (Fsp3) is 0.250. The van der Waals surface area contributed by atoms with E-state index in [2.05, 4.69) is 25.1 Å². The third-order valence-electron chi connectivity index (χ3n) is 2.99. The van der Waals surface area contributed by atoms with Crippen LogP contribution in [0.15, 0.2) is 29.6 Å². The minimum atomic E-state index is -0.283. The Labute approximate surface area is 108 Å². The zero-order valence-electron chi connectivity index (χ0n) is 10.5. The number of aromatic amines is 1. The molecule has 0 fully saturated rings. The molecule has 0 aliphatic carbocycles. The first-order chi connectivity index (χ1) is 9.16. The van der Waals surface area contributed by atoms with Gasteiger partial charge in [-0.15, -0.1) is 0 Å². The molecule has 0 saturated carbocycles. The summed E-state index contributed by atoms with van der Waals surface area (Å²) in [7, 11) is 0. The molecule has 19 heavy (non-hydrogen) atoms. The molecule has 0 aliphatic rings. The van der Waals surface area contributed by atoms with Gasteiger partial charge < -0.3 is 0 Å². The van der Waals surface area contributed by atoms with Crippen LogP contribution in [0, 0.1) is 6.92 Å². The number of aromatic nitrogens is 6. The van der Waals surface area contributed by atoms with Crippen molar-refractivity contribution in [1.29, 1.82) is 0 Å². The largest absolute Gasteiger partial charge is 0.288 e. The Morgan fingerprint density at radius 1 is 1.42 bits per heavy atom. The molecule has 0 spiro atoms. The summed E-state index contributed by atoms with van der Waals surface area (Å²) >= 11 is 0. The van der Waals surface area contributed by atoms with Crippen LogP contribution in [0.1, 0.15) is 24.6 Å². The molecule has 0 aliphatic heterocycles. The second-order valence-corrected chi connectivity index (χ2v) is 4.30. The number of hydrogen-bond acceptors (Lipinski definition) is 5. The number of fused-ring (bicyclic) bond motifs is 1. The van der Waals surface area contributed by atoms with E-state index in [1.54, 1.807) is 12.3 Å². The molecule has 0 saturated heterocycles. The molecule has 3 aromatic heterocycles. The number of aryl methyl sites for hydroxylation is 1. The van der Waals surface area contributed by atoms with Gasteiger partial charge in [-0.25, -0.2) is 9.97 Å². The zero-order chi connectivity index (χ0) is 13.4. The van der Waals surface area contributed by atoms with Crippen molar-refractivity contribution in [3.8, 4) is 0 Å². The van der Waals surface area contributed by atoms with E-state index in [0.29, 0.717) is 22.6 Å². The number of hydrogen-bond donors (Lipinski definition) is 1. The third-order valence-corrected chi connectivity index (χ3v) is 2.99. The van der Waals surface area contributed by atoms with E-state index in [0.717, 1.165) is 0 Å². The van der Waals surface area contributed by atoms with Gasteiger partial charge in [0.05, 0.1) is 23.3 Å². The Morgan fingerprint density at radius 2 is 2.26 bits per heavy atom. The average Bonchev–Trinajstić information content (AvgIpc) is 2.85. The highest BCUT2D eigenvalue weighted by Gasteiger charge is 2.15. The molecule has 0 unspecified atom stereocenters. The first-order valence-electron chi connectivity index (χ1n) is 5.86. The number of nitrogens with zero attached hydrogens (tertiary/aromatic N) is 5. The van der Waals surface area contributed by atoms with Crippen LogP contribution < -0.4 is 5.56 Å². The van der Waals surface area contributed by atoms with Crippen LogP contribution in [0.2, 0.25) is 0 Å². The first-order valence-corrected chi connectivity index (χ1v) is 5.86. The highest BCUT2D eigenvalue weighted by atomic mass is 16.1. The number of pyridine rings is 1. The standard InChI is InChI=1S/C12H12N6O/c1-7(11-15-8(2)16-17-11)18-6-14-10-3-4-13-5-9(10)12(18)19/h3-7H,1-2H3,(H,15,16,17)/t7-/m1/s1. The number of H-pyrrole nitrogens is 1. The maximum absolute atomic E-state index is 12.4. The van der Waals surface area contributed by atoms with Crippen molar-refractivity contribution in [1.82, 2.24) is 29.7 Å². The molecule has 3 rings (SSSR count). The van der Waals surface area contributed by atoms with E-state index in [-0.39, 0.29) is 11.6 Å². The molecule has 0 radical (unpaired) electrons. The van der Waals surface area contributed by atoms with Crippen LogP contribution in [-0.2, 0) is 0 Å². The van der Waals surface area contributed by atoms with Gasteiger partial charge in [-0.05, 0) is 19.9 Å². The van der Waals surface area contributed by atoms with Gasteiger partial charge in [0.2, 0.25) is 0 Å². The van der Waals surface area contributed by atoms with Gasteiger partial charge in [-0.3, -0.25) is 19.4 Å². The number of nitrogens with one attached hydrogen (secondary N) is 1. The SMILES string of the molecule is Cc1nc([C@@H](C)n2cnc3ccncc3c2=O)n[nH]1. The Morgan fingerprint density at radius 3 is 3.00 bits per heavy atom. The Kier molecular flexibility index (Phi) is 2.59. The molecule has 7 heteroatoms. The van der Waals surface area contributed by atoms with Crippen molar-refractivity contribution in [2.45, 2.75) is 19.9 Å². The molecule has 0 bridgehead atoms. The highest BCUT2D eigenvalue weighted by Crippen LogP contribution is 2.12. The zero-order valence-corrected chi connectivity index (χ0v) is 10.5. The summed E-state index contributed by atoms with van der Waals surface area (Å²) in [5, 5.41) is 7.33. The Balaban J connectivity index is 2.15. The van der Waals surface area contributed by atoms with Crippen LogP contribution in [0.4, 0.5) is 0 Å². The van der Waals surface area contributed by atoms with E-state index < -0.39 is 0 Å². The lowest BCUT2D eigenvalue weighted by molar-refractivity contribution is 0.576. The summed E-state index contributed by atoms with van der Waals surface area (Å²) in [6.45, 7) is 3.67. The smallest absolute Gasteiger partial charge is 0.263 e. The minimum Gasteiger partial charge on any atom is -0.288 e. The molecule has 0 amide bonds. The van der Waals surface area contributed by atoms with Crippen LogP contribution in [-0.4, -0.2) is 29.7 Å². The minimum absolute atomic E-state index is 0.145. The van der Waals surface area contributed by atoms with Gasteiger partial charge in [0.25, 0.3) is 5.56 Å². The Bertz CT molecular complexity index is 790. The maximum Gasteiger partial charge on any atom is 0.263 e. The van der Waals surface area contributed by atoms with Crippen molar-refractivity contribution in [2.24, 2.45) is 0 Å². The monoisotopic (exact) mass is 256 g/mol. The van der Waals surface area contributed by atoms with E-state index >= 15 is 0 Å². The summed E-state index contributed by atoms with van der Waals surface area (Å²) in [6, 6.07) is 1.43. The molecule has 96 valence electrons. The maximum atomic E-state index is 12.4. The van der Waals surface area contributed by atoms with Crippen LogP contribution >= 0.6 is 0 Å². The van der Waals surface area contributed by atoms with Gasteiger partial charge in [0, 0.05) is 12.4 Å². The lowest BCUT2D eigenvalue weighted by Gasteiger charge is -2.11. The third kappa shape index (κ3) is 1.88. The van der Waals surface area contributed by atoms with E-state index in [9.17, 15) is 4.79 Å². The molecule has 7 nitrogen and oxygen atoms in total. The van der Waals surface area contributed by atoms with Crippen LogP contribution in [0.25, 0.3) is 10.9 Å². The van der Waals surface area contributed by atoms with Crippen molar-refractivity contribution in [3.63, 3.8) is 0 Å². The van der Waals surface area contributed by atoms with Gasteiger partial charge in [0.15, 0.2) is 5.82 Å². The van der Waals surface area contributed by atoms with Crippen LogP contribution in [0.3, 0.4) is 0 Å². The molecule has 3 heterocycles. The van der Waals surface area contributed by atoms with Crippen molar-refractivity contribution >= 4 is 10.9 Å². The Hall–Kier alpha value is -2.57. The van der Waals surface area contributed by atoms with Gasteiger partial charge in [-0.2, -0.15) is 5.10 Å². The van der Waals surface area contributed by atoms with Crippen molar-refractivity contribution in [2.75, 3.05) is 0 Å². The van der Waals surface area contributed by atoms with Gasteiger partial charge >= 0.3 is 0 Å². The fourth-order valence-corrected chi connectivity index (χ4v) is 1.93. The lowest BCUT2D eigenvalue weighted by atomic mass is 10.2. The van der Waals surface area contributed by atoms with E-state index in [1.165, 1.54) is 17.1 Å². The summed E-state index contributed by atoms with van der Waals surface area (Å²) in [5.41, 5.74) is 0.489. The molecule has 3 aromatic rings. The highest BCUT2D eigenvalue weighted by molar-refractivity contribution is 5.75. The molecular formula is C12H12N6O. The first kappa shape index (κ1) is 11.5. The van der Waals surface area contributed by atoms with E-state index in [1.807, 2.05) is 13.8 Å². The second-order valence-electron chi connectivity index (χ2n) is 4.30. The molecule has 1 N–H and O–H groups in total. The second kappa shape index (κ2) is 4.27. The normalized spacial score (nSPS) is 12.7. The average molecular weight is 256 g/mol. The van der Waals surface area contributed by atoms with Crippen LogP contribution in [0.5, 0.6) is 0 Å². The van der Waals surface area contributed by atoms with E-state index in [4.69, 9.17) is 0 Å². The van der Waals surface area contributed by atoms with Gasteiger partial charge in [0.1, 0.15) is 5.82 Å². The summed E-state index contributed by atoms with van der Waals surface area (Å²) in [6.07, 6.45) is 4.65. The lowest BCUT2D eigenvalue weighted by Crippen LogP contribution is -2.25.